The number of aliphatic hydroxyl groups is 2. The van der Waals surface area contributed by atoms with Crippen molar-refractivity contribution < 1.29 is 31.5 Å². The van der Waals surface area contributed by atoms with Crippen molar-refractivity contribution in [3.05, 3.63) is 42.0 Å². The predicted molar refractivity (Wildman–Crippen MR) is 105 cm³/mol. The summed E-state index contributed by atoms with van der Waals surface area (Å²) in [5.74, 6) is 0. The maximum Gasteiger partial charge on any atom is -0.147 e. The molecule has 5 heteroatoms. The maximum atomic E-state index is 9.13. The third kappa shape index (κ3) is 6.18. The Balaban J connectivity index is 0.00000264. The van der Waals surface area contributed by atoms with Crippen LogP contribution in [0, 0.1) is 0 Å². The molecule has 0 aliphatic heterocycles. The summed E-state index contributed by atoms with van der Waals surface area (Å²) in [5.41, 5.74) is 3.01. The van der Waals surface area contributed by atoms with Gasteiger partial charge in [-0.2, -0.15) is 0 Å². The molecule has 0 bridgehead atoms. The third-order valence-corrected chi connectivity index (χ3v) is 12.4. The number of hydrogen-bond acceptors (Lipinski definition) is 2. The van der Waals surface area contributed by atoms with Crippen molar-refractivity contribution in [3.8, 4) is 0 Å². The van der Waals surface area contributed by atoms with Gasteiger partial charge in [0, 0.05) is 0 Å². The normalized spacial score (nSPS) is 15.7. The van der Waals surface area contributed by atoms with E-state index in [0.29, 0.717) is 0 Å². The van der Waals surface area contributed by atoms with Crippen molar-refractivity contribution in [2.75, 3.05) is 13.2 Å². The summed E-state index contributed by atoms with van der Waals surface area (Å²) < 4.78 is 5.08. The monoisotopic (exact) mass is 450 g/mol. The van der Waals surface area contributed by atoms with Crippen molar-refractivity contribution in [1.82, 2.24) is 0 Å². The predicted octanol–water partition coefficient (Wildman–Crippen LogP) is 4.63. The van der Waals surface area contributed by atoms with Crippen LogP contribution in [0.1, 0.15) is 52.4 Å². The standard InChI is InChI=1S/2C8H11O.C3H6.2ClH.Zr/c2*9-7-3-6-8-4-1-2-5-8;1-3-2;;;/h2*1,4,9H,2-3,6-7H2;1-2H3;2*1H;. The van der Waals surface area contributed by atoms with Crippen LogP contribution in [0.15, 0.2) is 42.0 Å². The van der Waals surface area contributed by atoms with Crippen molar-refractivity contribution in [2.24, 2.45) is 0 Å². The number of hydrogen-bond donors (Lipinski definition) is 2. The minimum Gasteiger partial charge on any atom is -0.147 e. The number of aliphatic hydroxyl groups excluding tert-OH is 2. The van der Waals surface area contributed by atoms with Gasteiger partial charge in [0.05, 0.1) is 0 Å². The van der Waals surface area contributed by atoms with Crippen molar-refractivity contribution in [1.29, 1.82) is 0 Å². The fourth-order valence-electron chi connectivity index (χ4n) is 3.42. The molecule has 0 aromatic heterocycles. The SMILES string of the molecule is C[C](C)=[Zr]([C]1=C(CCCO)C=CC1)[C]1=C(CCCO)C=CC1.Cl.Cl. The summed E-state index contributed by atoms with van der Waals surface area (Å²) in [6, 6.07) is 0. The Hall–Kier alpha value is 0.213. The Morgan fingerprint density at radius 2 is 1.29 bits per heavy atom. The molecular formula is C19H30Cl2O2Zr. The van der Waals surface area contributed by atoms with Crippen LogP contribution in [0.5, 0.6) is 0 Å². The molecule has 0 heterocycles. The maximum absolute atomic E-state index is 9.13. The molecular weight excluding hydrogens is 422 g/mol. The van der Waals surface area contributed by atoms with Crippen LogP contribution in [0.4, 0.5) is 0 Å². The van der Waals surface area contributed by atoms with Crippen LogP contribution >= 0.6 is 24.8 Å². The smallest absolute Gasteiger partial charge is 0.147 e. The van der Waals surface area contributed by atoms with Crippen molar-refractivity contribution >= 4 is 28.0 Å². The summed E-state index contributed by atoms with van der Waals surface area (Å²) in [6.45, 7) is 5.20. The Labute approximate surface area is 166 Å². The van der Waals surface area contributed by atoms with E-state index in [0.717, 1.165) is 38.5 Å². The molecule has 0 spiro atoms. The van der Waals surface area contributed by atoms with Crippen molar-refractivity contribution in [2.45, 2.75) is 52.4 Å². The van der Waals surface area contributed by atoms with Crippen LogP contribution < -0.4 is 0 Å². The summed E-state index contributed by atoms with van der Waals surface area (Å²) in [7, 11) is 0. The second-order valence-corrected chi connectivity index (χ2v) is 13.5. The number of rotatable bonds is 8. The van der Waals surface area contributed by atoms with Gasteiger partial charge in [-0.1, -0.05) is 0 Å². The first kappa shape index (κ1) is 24.2. The number of halogens is 2. The summed E-state index contributed by atoms with van der Waals surface area (Å²) in [5, 5.41) is 18.3. The molecule has 0 saturated heterocycles. The van der Waals surface area contributed by atoms with E-state index >= 15 is 0 Å². The zero-order valence-corrected chi connectivity index (χ0v) is 18.8. The summed E-state index contributed by atoms with van der Waals surface area (Å²) in [4.78, 5) is 0. The summed E-state index contributed by atoms with van der Waals surface area (Å²) >= 11 is -1.91. The van der Waals surface area contributed by atoms with Crippen LogP contribution in [0.25, 0.3) is 0 Å². The largest absolute Gasteiger partial charge is 0.147 e. The molecule has 0 radical (unpaired) electrons. The first-order valence-corrected chi connectivity index (χ1v) is 12.0. The molecule has 136 valence electrons. The first-order valence-electron chi connectivity index (χ1n) is 8.36. The van der Waals surface area contributed by atoms with Gasteiger partial charge in [-0.05, 0) is 0 Å². The summed E-state index contributed by atoms with van der Waals surface area (Å²) in [6.07, 6.45) is 15.2. The average Bonchev–Trinajstić information content (AvgIpc) is 3.13. The quantitative estimate of drug-likeness (QED) is 0.564. The van der Waals surface area contributed by atoms with Gasteiger partial charge in [-0.3, -0.25) is 0 Å². The Morgan fingerprint density at radius 1 is 0.875 bits per heavy atom. The molecule has 0 aromatic rings. The van der Waals surface area contributed by atoms with Crippen LogP contribution in [0.3, 0.4) is 0 Å². The van der Waals surface area contributed by atoms with Gasteiger partial charge >= 0.3 is 142 Å². The molecule has 0 aromatic carbocycles. The van der Waals surface area contributed by atoms with E-state index in [4.69, 9.17) is 10.2 Å². The van der Waals surface area contributed by atoms with Gasteiger partial charge in [-0.25, -0.2) is 0 Å². The van der Waals surface area contributed by atoms with Gasteiger partial charge in [-0.15, -0.1) is 24.8 Å². The van der Waals surface area contributed by atoms with Crippen molar-refractivity contribution in [3.63, 3.8) is 0 Å². The Morgan fingerprint density at radius 3 is 1.62 bits per heavy atom. The number of allylic oxidation sites excluding steroid dienone is 8. The van der Waals surface area contributed by atoms with E-state index in [-0.39, 0.29) is 38.0 Å². The van der Waals surface area contributed by atoms with E-state index < -0.39 is 21.3 Å². The van der Waals surface area contributed by atoms with Gasteiger partial charge in [0.25, 0.3) is 0 Å². The van der Waals surface area contributed by atoms with Crippen LogP contribution in [-0.2, 0) is 21.3 Å². The second-order valence-electron chi connectivity index (χ2n) is 6.25. The van der Waals surface area contributed by atoms with E-state index in [2.05, 4.69) is 38.2 Å². The van der Waals surface area contributed by atoms with E-state index in [1.165, 1.54) is 11.1 Å². The van der Waals surface area contributed by atoms with E-state index in [1.807, 2.05) is 0 Å². The third-order valence-electron chi connectivity index (χ3n) is 4.37. The molecule has 0 atom stereocenters. The van der Waals surface area contributed by atoms with E-state index in [1.54, 1.807) is 9.77 Å². The van der Waals surface area contributed by atoms with Gasteiger partial charge in [0.15, 0.2) is 0 Å². The molecule has 0 amide bonds. The molecule has 2 nitrogen and oxygen atoms in total. The molecule has 0 fully saturated rings. The van der Waals surface area contributed by atoms with Crippen LogP contribution in [0.2, 0.25) is 0 Å². The molecule has 0 saturated carbocycles. The fourth-order valence-corrected chi connectivity index (χ4v) is 11.5. The fraction of sp³-hybridized carbons (Fsp3) is 0.526. The van der Waals surface area contributed by atoms with Gasteiger partial charge in [0.1, 0.15) is 0 Å². The Kier molecular flexibility index (Phi) is 12.7. The van der Waals surface area contributed by atoms with E-state index in [9.17, 15) is 0 Å². The topological polar surface area (TPSA) is 40.5 Å². The second kappa shape index (κ2) is 12.5. The zero-order chi connectivity index (χ0) is 15.9. The first-order chi connectivity index (χ1) is 10.7. The molecule has 2 aliphatic carbocycles. The molecule has 24 heavy (non-hydrogen) atoms. The molecule has 2 aliphatic rings. The minimum atomic E-state index is -1.91. The molecule has 2 N–H and O–H groups in total. The van der Waals surface area contributed by atoms with Gasteiger partial charge < -0.3 is 0 Å². The average molecular weight is 453 g/mol. The molecule has 2 rings (SSSR count). The zero-order valence-electron chi connectivity index (χ0n) is 14.7. The molecule has 0 unspecified atom stereocenters. The Bertz CT molecular complexity index is 524. The minimum absolute atomic E-state index is 0. The van der Waals surface area contributed by atoms with Gasteiger partial charge in [0.2, 0.25) is 0 Å². The van der Waals surface area contributed by atoms with Crippen LogP contribution in [-0.4, -0.2) is 26.6 Å².